The second kappa shape index (κ2) is 6.73. The average molecular weight is 323 g/mol. The molecule has 0 unspecified atom stereocenters. The second-order valence-corrected chi connectivity index (χ2v) is 6.53. The van der Waals surface area contributed by atoms with Gasteiger partial charge in [0.2, 0.25) is 0 Å². The molecule has 2 aromatic carbocycles. The standard InChI is InChI=1S/C20H22FN3/c21-17-9-3-2-8-16(17)14-24-19-11-5-4-10-18(19)22-20(24)15-23-12-6-1-7-13-23/h2-5,8-11H,1,6-7,12-15H2. The smallest absolute Gasteiger partial charge is 0.128 e. The molecule has 3 nitrogen and oxygen atoms in total. The average Bonchev–Trinajstić information content (AvgIpc) is 2.95. The SMILES string of the molecule is Fc1ccccc1Cn1c(CN2CCCCC2)nc2ccccc21. The van der Waals surface area contributed by atoms with Gasteiger partial charge in [0.25, 0.3) is 0 Å². The summed E-state index contributed by atoms with van der Waals surface area (Å²) in [6.07, 6.45) is 3.84. The summed E-state index contributed by atoms with van der Waals surface area (Å²) in [5.74, 6) is 0.876. The maximum Gasteiger partial charge on any atom is 0.128 e. The number of aromatic nitrogens is 2. The van der Waals surface area contributed by atoms with Gasteiger partial charge in [0.05, 0.1) is 24.1 Å². The summed E-state index contributed by atoms with van der Waals surface area (Å²) in [6, 6.07) is 15.1. The van der Waals surface area contributed by atoms with E-state index in [1.54, 1.807) is 6.07 Å². The highest BCUT2D eigenvalue weighted by molar-refractivity contribution is 5.76. The zero-order valence-corrected chi connectivity index (χ0v) is 13.8. The van der Waals surface area contributed by atoms with Crippen LogP contribution in [0.15, 0.2) is 48.5 Å². The quantitative estimate of drug-likeness (QED) is 0.717. The Labute approximate surface area is 141 Å². The molecule has 2 heterocycles. The lowest BCUT2D eigenvalue weighted by molar-refractivity contribution is 0.214. The number of likely N-dealkylation sites (tertiary alicyclic amines) is 1. The molecule has 1 aromatic heterocycles. The monoisotopic (exact) mass is 323 g/mol. The van der Waals surface area contributed by atoms with E-state index in [-0.39, 0.29) is 5.82 Å². The highest BCUT2D eigenvalue weighted by atomic mass is 19.1. The van der Waals surface area contributed by atoms with Crippen molar-refractivity contribution in [1.82, 2.24) is 14.5 Å². The van der Waals surface area contributed by atoms with Crippen molar-refractivity contribution >= 4 is 11.0 Å². The van der Waals surface area contributed by atoms with E-state index in [0.717, 1.165) is 36.5 Å². The fraction of sp³-hybridized carbons (Fsp3) is 0.350. The van der Waals surface area contributed by atoms with Crippen LogP contribution in [0.3, 0.4) is 0 Å². The van der Waals surface area contributed by atoms with Crippen LogP contribution in [-0.4, -0.2) is 27.5 Å². The molecule has 0 N–H and O–H groups in total. The first kappa shape index (κ1) is 15.3. The van der Waals surface area contributed by atoms with E-state index in [1.165, 1.54) is 25.3 Å². The lowest BCUT2D eigenvalue weighted by Crippen LogP contribution is -2.30. The Hall–Kier alpha value is -2.20. The predicted octanol–water partition coefficient (Wildman–Crippen LogP) is 4.21. The Morgan fingerprint density at radius 1 is 0.875 bits per heavy atom. The molecule has 0 radical (unpaired) electrons. The normalized spacial score (nSPS) is 15.9. The van der Waals surface area contributed by atoms with E-state index in [4.69, 9.17) is 4.98 Å². The summed E-state index contributed by atoms with van der Waals surface area (Å²) in [7, 11) is 0. The van der Waals surface area contributed by atoms with E-state index >= 15 is 0 Å². The third kappa shape index (κ3) is 3.06. The number of benzene rings is 2. The van der Waals surface area contributed by atoms with E-state index in [9.17, 15) is 4.39 Å². The molecule has 0 spiro atoms. The number of hydrogen-bond donors (Lipinski definition) is 0. The molecule has 0 amide bonds. The highest BCUT2D eigenvalue weighted by Crippen LogP contribution is 2.21. The summed E-state index contributed by atoms with van der Waals surface area (Å²) in [5.41, 5.74) is 2.77. The van der Waals surface area contributed by atoms with Crippen molar-refractivity contribution in [2.24, 2.45) is 0 Å². The minimum atomic E-state index is -0.154. The van der Waals surface area contributed by atoms with Gasteiger partial charge < -0.3 is 4.57 Å². The van der Waals surface area contributed by atoms with Gasteiger partial charge in [-0.15, -0.1) is 0 Å². The van der Waals surface area contributed by atoms with Gasteiger partial charge in [-0.25, -0.2) is 9.37 Å². The fourth-order valence-electron chi connectivity index (χ4n) is 3.54. The second-order valence-electron chi connectivity index (χ2n) is 6.53. The van der Waals surface area contributed by atoms with Crippen LogP contribution < -0.4 is 0 Å². The van der Waals surface area contributed by atoms with E-state index in [2.05, 4.69) is 15.5 Å². The molecule has 0 aliphatic carbocycles. The minimum Gasteiger partial charge on any atom is -0.322 e. The maximum absolute atomic E-state index is 14.1. The predicted molar refractivity (Wildman–Crippen MR) is 94.4 cm³/mol. The van der Waals surface area contributed by atoms with Crippen LogP contribution in [0.2, 0.25) is 0 Å². The molecule has 124 valence electrons. The number of halogens is 1. The van der Waals surface area contributed by atoms with E-state index < -0.39 is 0 Å². The number of imidazole rings is 1. The van der Waals surface area contributed by atoms with Crippen LogP contribution >= 0.6 is 0 Å². The molecule has 4 heteroatoms. The van der Waals surface area contributed by atoms with E-state index in [1.807, 2.05) is 30.3 Å². The topological polar surface area (TPSA) is 21.1 Å². The Morgan fingerprint density at radius 3 is 2.46 bits per heavy atom. The molecule has 1 aliphatic rings. The molecular weight excluding hydrogens is 301 g/mol. The largest absolute Gasteiger partial charge is 0.322 e. The first-order chi connectivity index (χ1) is 11.8. The summed E-state index contributed by atoms with van der Waals surface area (Å²) in [5, 5.41) is 0. The third-order valence-electron chi connectivity index (χ3n) is 4.83. The maximum atomic E-state index is 14.1. The van der Waals surface area contributed by atoms with Crippen molar-refractivity contribution < 1.29 is 4.39 Å². The molecule has 1 fully saturated rings. The first-order valence-corrected chi connectivity index (χ1v) is 8.71. The fourth-order valence-corrected chi connectivity index (χ4v) is 3.54. The zero-order valence-electron chi connectivity index (χ0n) is 13.8. The molecule has 0 saturated carbocycles. The summed E-state index contributed by atoms with van der Waals surface area (Å²) < 4.78 is 16.3. The number of hydrogen-bond acceptors (Lipinski definition) is 2. The van der Waals surface area contributed by atoms with Crippen molar-refractivity contribution in [1.29, 1.82) is 0 Å². The zero-order chi connectivity index (χ0) is 16.4. The Balaban J connectivity index is 1.71. The van der Waals surface area contributed by atoms with Gasteiger partial charge in [0, 0.05) is 5.56 Å². The Morgan fingerprint density at radius 2 is 1.62 bits per heavy atom. The number of fused-ring (bicyclic) bond motifs is 1. The van der Waals surface area contributed by atoms with Gasteiger partial charge >= 0.3 is 0 Å². The molecule has 24 heavy (non-hydrogen) atoms. The van der Waals surface area contributed by atoms with Crippen molar-refractivity contribution in [3.05, 3.63) is 65.7 Å². The molecule has 3 aromatic rings. The molecule has 0 bridgehead atoms. The van der Waals surface area contributed by atoms with Crippen LogP contribution in [0.4, 0.5) is 4.39 Å². The lowest BCUT2D eigenvalue weighted by atomic mass is 10.1. The van der Waals surface area contributed by atoms with Crippen molar-refractivity contribution in [2.45, 2.75) is 32.4 Å². The van der Waals surface area contributed by atoms with Crippen molar-refractivity contribution in [3.63, 3.8) is 0 Å². The molecule has 1 aliphatic heterocycles. The van der Waals surface area contributed by atoms with Gasteiger partial charge in [-0.3, -0.25) is 4.90 Å². The van der Waals surface area contributed by atoms with Gasteiger partial charge in [-0.2, -0.15) is 0 Å². The molecule has 0 atom stereocenters. The summed E-state index contributed by atoms with van der Waals surface area (Å²) in [4.78, 5) is 7.29. The van der Waals surface area contributed by atoms with Crippen molar-refractivity contribution in [2.75, 3.05) is 13.1 Å². The lowest BCUT2D eigenvalue weighted by Gasteiger charge is -2.26. The van der Waals surface area contributed by atoms with Crippen LogP contribution in [0.1, 0.15) is 30.7 Å². The van der Waals surface area contributed by atoms with Crippen molar-refractivity contribution in [3.8, 4) is 0 Å². The minimum absolute atomic E-state index is 0.154. The number of piperidine rings is 1. The van der Waals surface area contributed by atoms with E-state index in [0.29, 0.717) is 12.1 Å². The van der Waals surface area contributed by atoms with Gasteiger partial charge in [-0.1, -0.05) is 36.8 Å². The number of para-hydroxylation sites is 2. The van der Waals surface area contributed by atoms with Crippen LogP contribution in [0, 0.1) is 5.82 Å². The van der Waals surface area contributed by atoms with Crippen LogP contribution in [0.5, 0.6) is 0 Å². The highest BCUT2D eigenvalue weighted by Gasteiger charge is 2.17. The number of nitrogens with zero attached hydrogens (tertiary/aromatic N) is 3. The Kier molecular flexibility index (Phi) is 4.30. The van der Waals surface area contributed by atoms with Gasteiger partial charge in [0.15, 0.2) is 0 Å². The third-order valence-corrected chi connectivity index (χ3v) is 4.83. The Bertz CT molecular complexity index is 834. The summed E-state index contributed by atoms with van der Waals surface area (Å²) in [6.45, 7) is 3.62. The van der Waals surface area contributed by atoms with Gasteiger partial charge in [-0.05, 0) is 44.1 Å². The van der Waals surface area contributed by atoms with Crippen LogP contribution in [-0.2, 0) is 13.1 Å². The number of rotatable bonds is 4. The van der Waals surface area contributed by atoms with Crippen LogP contribution in [0.25, 0.3) is 11.0 Å². The molecule has 1 saturated heterocycles. The summed E-state index contributed by atoms with van der Waals surface area (Å²) >= 11 is 0. The molecular formula is C20H22FN3. The first-order valence-electron chi connectivity index (χ1n) is 8.71. The molecule has 4 rings (SSSR count). The van der Waals surface area contributed by atoms with Gasteiger partial charge in [0.1, 0.15) is 11.6 Å².